The number of hydrogen-bond acceptors (Lipinski definition) is 4. The normalized spacial score (nSPS) is 17.7. The summed E-state index contributed by atoms with van der Waals surface area (Å²) < 4.78 is 17.3. The highest BCUT2D eigenvalue weighted by molar-refractivity contribution is 6.46. The number of benzene rings is 1. The van der Waals surface area contributed by atoms with Crippen molar-refractivity contribution < 1.29 is 23.7 Å². The molecule has 0 bridgehead atoms. The van der Waals surface area contributed by atoms with E-state index in [1.807, 2.05) is 16.8 Å². The molecule has 5 rings (SSSR count). The molecule has 1 aliphatic rings. The number of likely N-dealkylation sites (tertiary alicyclic amines) is 1. The molecule has 3 aromatic heterocycles. The second-order valence-electron chi connectivity index (χ2n) is 8.22. The van der Waals surface area contributed by atoms with E-state index in [2.05, 4.69) is 9.97 Å². The van der Waals surface area contributed by atoms with Gasteiger partial charge in [-0.1, -0.05) is 18.2 Å². The number of nitrogens with one attached hydrogen (secondary N) is 1. The molecule has 1 saturated heterocycles. The van der Waals surface area contributed by atoms with E-state index in [1.54, 1.807) is 42.2 Å². The van der Waals surface area contributed by atoms with Gasteiger partial charge in [-0.25, -0.2) is 13.9 Å². The molecule has 1 amide bonds. The molecule has 34 heavy (non-hydrogen) atoms. The van der Waals surface area contributed by atoms with Gasteiger partial charge in [-0.15, -0.1) is 0 Å². The summed E-state index contributed by atoms with van der Waals surface area (Å²) in [6, 6.07) is 10.2. The van der Waals surface area contributed by atoms with E-state index in [0.717, 1.165) is 0 Å². The van der Waals surface area contributed by atoms with E-state index >= 15 is 0 Å². The summed E-state index contributed by atoms with van der Waals surface area (Å²) in [5.41, 5.74) is 2.00. The number of fused-ring (bicyclic) bond motifs is 1. The Morgan fingerprint density at radius 3 is 2.74 bits per heavy atom. The molecule has 8 nitrogen and oxygen atoms in total. The Hall–Kier alpha value is -4.27. The van der Waals surface area contributed by atoms with E-state index in [1.165, 1.54) is 29.2 Å². The summed E-state index contributed by atoms with van der Waals surface area (Å²) >= 11 is 0. The molecule has 1 fully saturated rings. The summed E-state index contributed by atoms with van der Waals surface area (Å²) in [4.78, 5) is 35.2. The van der Waals surface area contributed by atoms with Crippen molar-refractivity contribution >= 4 is 23.1 Å². The highest BCUT2D eigenvalue weighted by atomic mass is 19.1. The Bertz CT molecular complexity index is 1410. The number of aliphatic hydroxyl groups excluding tert-OH is 1. The standard InChI is InChI=1S/C25H22FN5O3/c1-16-21(30-12-3-2-5-19(30)28-16)23(32)20-22(17-6-8-18(26)9-7-17)31(25(34)24(20)33)13-4-11-29-14-10-27-15-29/h2-3,5-10,12,14-15,22H,4,11,13H2,1H3,(H,32,33)/p+1. The van der Waals surface area contributed by atoms with Crippen LogP contribution in [0.1, 0.15) is 29.4 Å². The molecule has 1 aliphatic heterocycles. The van der Waals surface area contributed by atoms with Gasteiger partial charge in [-0.3, -0.25) is 19.0 Å². The van der Waals surface area contributed by atoms with Crippen molar-refractivity contribution in [3.05, 3.63) is 95.7 Å². The Balaban J connectivity index is 1.60. The summed E-state index contributed by atoms with van der Waals surface area (Å²) in [6.45, 7) is 2.65. The summed E-state index contributed by atoms with van der Waals surface area (Å²) in [5, 5.41) is 11.4. The summed E-state index contributed by atoms with van der Waals surface area (Å²) in [7, 11) is 0. The maximum absolute atomic E-state index is 13.7. The first-order valence-electron chi connectivity index (χ1n) is 11.0. The van der Waals surface area contributed by atoms with Crippen LogP contribution in [0.5, 0.6) is 0 Å². The number of imidazole rings is 2. The number of amides is 1. The lowest BCUT2D eigenvalue weighted by molar-refractivity contribution is -0.695. The first-order chi connectivity index (χ1) is 16.5. The van der Waals surface area contributed by atoms with Gasteiger partial charge < -0.3 is 10.0 Å². The Labute approximate surface area is 194 Å². The van der Waals surface area contributed by atoms with Gasteiger partial charge >= 0.3 is 0 Å². The largest absolute Gasteiger partial charge is 0.505 e. The minimum atomic E-state index is -0.842. The molecule has 0 radical (unpaired) electrons. The van der Waals surface area contributed by atoms with Crippen LogP contribution >= 0.6 is 0 Å². The average molecular weight is 460 g/mol. The number of aromatic nitrogens is 4. The summed E-state index contributed by atoms with van der Waals surface area (Å²) in [6.07, 6.45) is 7.80. The number of aromatic amines is 1. The van der Waals surface area contributed by atoms with Gasteiger partial charge in [0.2, 0.25) is 6.33 Å². The highest BCUT2D eigenvalue weighted by Crippen LogP contribution is 2.40. The number of carbonyl (C=O) groups is 2. The second-order valence-corrected chi connectivity index (χ2v) is 8.22. The van der Waals surface area contributed by atoms with Gasteiger partial charge in [0.25, 0.3) is 11.7 Å². The third-order valence-electron chi connectivity index (χ3n) is 6.07. The maximum Gasteiger partial charge on any atom is 0.295 e. The highest BCUT2D eigenvalue weighted by Gasteiger charge is 2.46. The number of aryl methyl sites for hydroxylation is 2. The lowest BCUT2D eigenvalue weighted by atomic mass is 9.96. The third-order valence-corrected chi connectivity index (χ3v) is 6.07. The molecule has 4 heterocycles. The van der Waals surface area contributed by atoms with Crippen molar-refractivity contribution in [2.75, 3.05) is 6.54 Å². The molecule has 9 heteroatoms. The fraction of sp³-hybridized carbons (Fsp3) is 0.200. The van der Waals surface area contributed by atoms with Crippen LogP contribution in [-0.4, -0.2) is 42.6 Å². The maximum atomic E-state index is 13.7. The van der Waals surface area contributed by atoms with Crippen molar-refractivity contribution in [3.63, 3.8) is 0 Å². The molecule has 1 atom stereocenters. The Morgan fingerprint density at radius 2 is 2.00 bits per heavy atom. The molecular weight excluding hydrogens is 437 g/mol. The van der Waals surface area contributed by atoms with Crippen molar-refractivity contribution in [3.8, 4) is 0 Å². The smallest absolute Gasteiger partial charge is 0.295 e. The first kappa shape index (κ1) is 21.6. The number of H-pyrrole nitrogens is 1. The topological polar surface area (TPSA) is 94.6 Å². The second kappa shape index (κ2) is 8.58. The third kappa shape index (κ3) is 3.64. The Morgan fingerprint density at radius 1 is 1.21 bits per heavy atom. The predicted molar refractivity (Wildman–Crippen MR) is 121 cm³/mol. The van der Waals surface area contributed by atoms with Gasteiger partial charge in [0.05, 0.1) is 23.9 Å². The fourth-order valence-corrected chi connectivity index (χ4v) is 4.51. The van der Waals surface area contributed by atoms with Crippen molar-refractivity contribution in [1.29, 1.82) is 0 Å². The van der Waals surface area contributed by atoms with Crippen molar-refractivity contribution in [2.24, 2.45) is 0 Å². The average Bonchev–Trinajstić information content (AvgIpc) is 3.52. The zero-order chi connectivity index (χ0) is 23.8. The number of pyridine rings is 1. The predicted octanol–water partition coefficient (Wildman–Crippen LogP) is 2.91. The SMILES string of the molecule is Cc1nc2ccccn2c1C(O)=C1C(=O)C(=O)N(CCC[n+]2cc[nH]c2)C1c1ccc(F)cc1. The molecule has 172 valence electrons. The zero-order valence-electron chi connectivity index (χ0n) is 18.5. The van der Waals surface area contributed by atoms with Crippen LogP contribution in [0.3, 0.4) is 0 Å². The fourth-order valence-electron chi connectivity index (χ4n) is 4.51. The van der Waals surface area contributed by atoms with Crippen molar-refractivity contribution in [2.45, 2.75) is 25.9 Å². The number of carbonyl (C=O) groups excluding carboxylic acids is 2. The number of rotatable bonds is 6. The lowest BCUT2D eigenvalue weighted by Gasteiger charge is -2.25. The zero-order valence-corrected chi connectivity index (χ0v) is 18.5. The van der Waals surface area contributed by atoms with Gasteiger partial charge in [0.1, 0.15) is 29.6 Å². The number of Topliss-reactive ketones (excluding diaryl/α,β-unsaturated/α-hetero) is 1. The quantitative estimate of drug-likeness (QED) is 0.200. The van der Waals surface area contributed by atoms with Crippen LogP contribution in [0, 0.1) is 12.7 Å². The molecular formula is C25H23FN5O3+. The monoisotopic (exact) mass is 460 g/mol. The van der Waals surface area contributed by atoms with E-state index in [0.29, 0.717) is 35.6 Å². The first-order valence-corrected chi connectivity index (χ1v) is 11.0. The number of nitrogens with zero attached hydrogens (tertiary/aromatic N) is 4. The molecule has 0 spiro atoms. The number of hydrogen-bond donors (Lipinski definition) is 2. The van der Waals surface area contributed by atoms with E-state index in [-0.39, 0.29) is 17.9 Å². The molecule has 2 N–H and O–H groups in total. The van der Waals surface area contributed by atoms with Gasteiger partial charge in [-0.2, -0.15) is 0 Å². The molecule has 1 unspecified atom stereocenters. The van der Waals surface area contributed by atoms with Crippen LogP contribution in [0.15, 0.2) is 73.0 Å². The van der Waals surface area contributed by atoms with E-state index in [9.17, 15) is 19.1 Å². The molecule has 0 saturated carbocycles. The number of ketones is 1. The molecule has 4 aromatic rings. The van der Waals surface area contributed by atoms with Crippen LogP contribution in [-0.2, 0) is 16.1 Å². The number of halogens is 1. The van der Waals surface area contributed by atoms with Crippen LogP contribution in [0.2, 0.25) is 0 Å². The number of aliphatic hydroxyl groups is 1. The summed E-state index contributed by atoms with van der Waals surface area (Å²) in [5.74, 6) is -2.19. The van der Waals surface area contributed by atoms with Gasteiger partial charge in [-0.05, 0) is 36.8 Å². The van der Waals surface area contributed by atoms with E-state index < -0.39 is 23.5 Å². The molecule has 1 aromatic carbocycles. The van der Waals surface area contributed by atoms with E-state index in [4.69, 9.17) is 0 Å². The van der Waals surface area contributed by atoms with Crippen LogP contribution in [0.4, 0.5) is 4.39 Å². The molecule has 0 aliphatic carbocycles. The Kier molecular flexibility index (Phi) is 5.45. The van der Waals surface area contributed by atoms with Crippen molar-refractivity contribution in [1.82, 2.24) is 19.3 Å². The minimum absolute atomic E-state index is 0.0281. The van der Waals surface area contributed by atoms with Gasteiger partial charge in [0.15, 0.2) is 5.76 Å². The van der Waals surface area contributed by atoms with Crippen LogP contribution in [0.25, 0.3) is 11.4 Å². The van der Waals surface area contributed by atoms with Gasteiger partial charge in [0, 0.05) is 19.2 Å². The lowest BCUT2D eigenvalue weighted by Crippen LogP contribution is -2.36. The minimum Gasteiger partial charge on any atom is -0.505 e. The van der Waals surface area contributed by atoms with Crippen LogP contribution < -0.4 is 4.57 Å².